The van der Waals surface area contributed by atoms with Crippen LogP contribution in [0, 0.1) is 0 Å². The van der Waals surface area contributed by atoms with Crippen LogP contribution in [0.4, 0.5) is 0 Å². The van der Waals surface area contributed by atoms with Crippen LogP contribution < -0.4 is 10.6 Å². The van der Waals surface area contributed by atoms with Gasteiger partial charge in [-0.3, -0.25) is 9.89 Å². The summed E-state index contributed by atoms with van der Waals surface area (Å²) in [5, 5.41) is 7.14. The zero-order valence-electron chi connectivity index (χ0n) is 18.3. The molecule has 6 nitrogen and oxygen atoms in total. The molecule has 162 valence electrons. The van der Waals surface area contributed by atoms with E-state index in [9.17, 15) is 0 Å². The SMILES string of the molecule is CCNC(=NCC1CCCN1Cc1ccccc1)NC1CCN(CCOC)CC1. The molecule has 2 aliphatic heterocycles. The Morgan fingerprint density at radius 2 is 1.93 bits per heavy atom. The fourth-order valence-corrected chi connectivity index (χ4v) is 4.36. The summed E-state index contributed by atoms with van der Waals surface area (Å²) in [7, 11) is 1.78. The molecule has 0 aliphatic carbocycles. The van der Waals surface area contributed by atoms with Gasteiger partial charge in [0, 0.05) is 51.9 Å². The molecule has 6 heteroatoms. The third kappa shape index (κ3) is 7.28. The van der Waals surface area contributed by atoms with Crippen LogP contribution in [0.3, 0.4) is 0 Å². The number of piperidine rings is 1. The van der Waals surface area contributed by atoms with E-state index in [2.05, 4.69) is 57.7 Å². The van der Waals surface area contributed by atoms with E-state index in [0.29, 0.717) is 12.1 Å². The van der Waals surface area contributed by atoms with Gasteiger partial charge in [0.25, 0.3) is 0 Å². The molecule has 3 rings (SSSR count). The maximum atomic E-state index is 5.20. The lowest BCUT2D eigenvalue weighted by Gasteiger charge is -2.33. The second-order valence-corrected chi connectivity index (χ2v) is 8.22. The summed E-state index contributed by atoms with van der Waals surface area (Å²) in [5.41, 5.74) is 1.40. The predicted molar refractivity (Wildman–Crippen MR) is 120 cm³/mol. The normalized spacial score (nSPS) is 22.1. The molecule has 2 aliphatic rings. The van der Waals surface area contributed by atoms with E-state index in [1.54, 1.807) is 7.11 Å². The maximum Gasteiger partial charge on any atom is 0.191 e. The van der Waals surface area contributed by atoms with Crippen LogP contribution in [-0.4, -0.2) is 80.8 Å². The summed E-state index contributed by atoms with van der Waals surface area (Å²) < 4.78 is 5.20. The molecule has 1 atom stereocenters. The molecule has 0 aromatic heterocycles. The van der Waals surface area contributed by atoms with Crippen molar-refractivity contribution in [2.24, 2.45) is 4.99 Å². The number of ether oxygens (including phenoxy) is 1. The number of nitrogens with one attached hydrogen (secondary N) is 2. The van der Waals surface area contributed by atoms with Gasteiger partial charge >= 0.3 is 0 Å². The van der Waals surface area contributed by atoms with Crippen molar-refractivity contribution in [2.75, 3.05) is 53.0 Å². The highest BCUT2D eigenvalue weighted by molar-refractivity contribution is 5.80. The van der Waals surface area contributed by atoms with Crippen molar-refractivity contribution >= 4 is 5.96 Å². The summed E-state index contributed by atoms with van der Waals surface area (Å²) >= 11 is 0. The summed E-state index contributed by atoms with van der Waals surface area (Å²) in [5.74, 6) is 0.981. The average Bonchev–Trinajstić information content (AvgIpc) is 3.19. The van der Waals surface area contributed by atoms with Crippen molar-refractivity contribution in [1.82, 2.24) is 20.4 Å². The Bertz CT molecular complexity index is 601. The van der Waals surface area contributed by atoms with Gasteiger partial charge in [0.2, 0.25) is 0 Å². The fraction of sp³-hybridized carbons (Fsp3) is 0.696. The van der Waals surface area contributed by atoms with Crippen molar-refractivity contribution in [2.45, 2.75) is 51.2 Å². The van der Waals surface area contributed by atoms with E-state index >= 15 is 0 Å². The second kappa shape index (κ2) is 12.2. The minimum absolute atomic E-state index is 0.510. The molecule has 2 heterocycles. The van der Waals surface area contributed by atoms with Gasteiger partial charge in [0.15, 0.2) is 5.96 Å². The molecule has 2 saturated heterocycles. The first-order chi connectivity index (χ1) is 14.3. The maximum absolute atomic E-state index is 5.20. The Morgan fingerprint density at radius 1 is 1.14 bits per heavy atom. The molecule has 0 radical (unpaired) electrons. The van der Waals surface area contributed by atoms with Gasteiger partial charge in [-0.05, 0) is 44.7 Å². The molecule has 0 amide bonds. The monoisotopic (exact) mass is 401 g/mol. The van der Waals surface area contributed by atoms with E-state index in [4.69, 9.17) is 9.73 Å². The van der Waals surface area contributed by atoms with Gasteiger partial charge in [0.05, 0.1) is 13.2 Å². The summed E-state index contributed by atoms with van der Waals surface area (Å²) in [4.78, 5) is 10.1. The van der Waals surface area contributed by atoms with Gasteiger partial charge in [-0.15, -0.1) is 0 Å². The minimum Gasteiger partial charge on any atom is -0.383 e. The van der Waals surface area contributed by atoms with Crippen LogP contribution in [0.2, 0.25) is 0 Å². The highest BCUT2D eigenvalue weighted by atomic mass is 16.5. The molecular formula is C23H39N5O. The number of rotatable bonds is 9. The summed E-state index contributed by atoms with van der Waals surface area (Å²) in [6.07, 6.45) is 4.85. The van der Waals surface area contributed by atoms with Gasteiger partial charge < -0.3 is 20.3 Å². The first-order valence-corrected chi connectivity index (χ1v) is 11.3. The Labute approximate surface area is 176 Å². The number of aliphatic imine (C=N–C) groups is 1. The van der Waals surface area contributed by atoms with Crippen LogP contribution in [0.25, 0.3) is 0 Å². The Hall–Kier alpha value is -1.63. The molecule has 0 spiro atoms. The van der Waals surface area contributed by atoms with Gasteiger partial charge in [-0.25, -0.2) is 0 Å². The number of benzene rings is 1. The largest absolute Gasteiger partial charge is 0.383 e. The smallest absolute Gasteiger partial charge is 0.191 e. The second-order valence-electron chi connectivity index (χ2n) is 8.22. The molecule has 0 bridgehead atoms. The Kier molecular flexibility index (Phi) is 9.25. The average molecular weight is 402 g/mol. The van der Waals surface area contributed by atoms with E-state index in [1.807, 2.05) is 0 Å². The molecular weight excluding hydrogens is 362 g/mol. The predicted octanol–water partition coefficient (Wildman–Crippen LogP) is 2.32. The molecule has 1 aromatic carbocycles. The molecule has 1 unspecified atom stereocenters. The van der Waals surface area contributed by atoms with Crippen LogP contribution in [0.1, 0.15) is 38.2 Å². The third-order valence-corrected chi connectivity index (χ3v) is 6.07. The lowest BCUT2D eigenvalue weighted by atomic mass is 10.1. The lowest BCUT2D eigenvalue weighted by Crippen LogP contribution is -2.49. The number of hydrogen-bond donors (Lipinski definition) is 2. The topological polar surface area (TPSA) is 52.1 Å². The third-order valence-electron chi connectivity index (χ3n) is 6.07. The molecule has 29 heavy (non-hydrogen) atoms. The molecule has 2 N–H and O–H groups in total. The standard InChI is InChI=1S/C23H39N5O/c1-3-24-23(26-21-11-14-27(15-12-21)16-17-29-2)25-18-22-10-7-13-28(22)19-20-8-5-4-6-9-20/h4-6,8-9,21-22H,3,7,10-19H2,1-2H3,(H2,24,25,26). The van der Waals surface area contributed by atoms with Gasteiger partial charge in [-0.2, -0.15) is 0 Å². The van der Waals surface area contributed by atoms with Crippen molar-refractivity contribution in [3.63, 3.8) is 0 Å². The minimum atomic E-state index is 0.510. The van der Waals surface area contributed by atoms with Gasteiger partial charge in [0.1, 0.15) is 0 Å². The zero-order valence-corrected chi connectivity index (χ0v) is 18.3. The van der Waals surface area contributed by atoms with E-state index in [0.717, 1.165) is 64.7 Å². The Morgan fingerprint density at radius 3 is 2.66 bits per heavy atom. The number of nitrogens with zero attached hydrogens (tertiary/aromatic N) is 3. The van der Waals surface area contributed by atoms with E-state index in [-0.39, 0.29) is 0 Å². The number of likely N-dealkylation sites (tertiary alicyclic amines) is 2. The van der Waals surface area contributed by atoms with Crippen LogP contribution in [0.15, 0.2) is 35.3 Å². The lowest BCUT2D eigenvalue weighted by molar-refractivity contribution is 0.128. The van der Waals surface area contributed by atoms with Crippen LogP contribution >= 0.6 is 0 Å². The van der Waals surface area contributed by atoms with Crippen molar-refractivity contribution in [1.29, 1.82) is 0 Å². The highest BCUT2D eigenvalue weighted by Gasteiger charge is 2.25. The van der Waals surface area contributed by atoms with Crippen LogP contribution in [0.5, 0.6) is 0 Å². The summed E-state index contributed by atoms with van der Waals surface area (Å²) in [6.45, 7) is 10.2. The highest BCUT2D eigenvalue weighted by Crippen LogP contribution is 2.20. The Balaban J connectivity index is 1.48. The van der Waals surface area contributed by atoms with Crippen molar-refractivity contribution in [3.8, 4) is 0 Å². The number of hydrogen-bond acceptors (Lipinski definition) is 4. The molecule has 1 aromatic rings. The number of guanidine groups is 1. The molecule has 0 saturated carbocycles. The van der Waals surface area contributed by atoms with Crippen molar-refractivity contribution in [3.05, 3.63) is 35.9 Å². The van der Waals surface area contributed by atoms with E-state index < -0.39 is 0 Å². The number of methoxy groups -OCH3 is 1. The fourth-order valence-electron chi connectivity index (χ4n) is 4.36. The summed E-state index contributed by atoms with van der Waals surface area (Å²) in [6, 6.07) is 11.9. The first-order valence-electron chi connectivity index (χ1n) is 11.3. The van der Waals surface area contributed by atoms with E-state index in [1.165, 1.54) is 24.9 Å². The molecule has 2 fully saturated rings. The zero-order chi connectivity index (χ0) is 20.3. The van der Waals surface area contributed by atoms with Gasteiger partial charge in [-0.1, -0.05) is 30.3 Å². The van der Waals surface area contributed by atoms with Crippen LogP contribution in [-0.2, 0) is 11.3 Å². The van der Waals surface area contributed by atoms with Crippen molar-refractivity contribution < 1.29 is 4.74 Å². The quantitative estimate of drug-likeness (QED) is 0.491. The first kappa shape index (κ1) is 22.1.